The van der Waals surface area contributed by atoms with Crippen LogP contribution in [-0.4, -0.2) is 30.4 Å². The maximum Gasteiger partial charge on any atom is 0.226 e. The van der Waals surface area contributed by atoms with E-state index in [0.717, 1.165) is 55.9 Å². The van der Waals surface area contributed by atoms with Gasteiger partial charge in [0.1, 0.15) is 5.76 Å². The van der Waals surface area contributed by atoms with Crippen LogP contribution < -0.4 is 5.32 Å². The molecule has 4 nitrogen and oxygen atoms in total. The second-order valence-electron chi connectivity index (χ2n) is 9.18. The van der Waals surface area contributed by atoms with Crippen LogP contribution in [-0.2, 0) is 4.79 Å². The molecule has 1 N–H and O–H groups in total. The van der Waals surface area contributed by atoms with Crippen molar-refractivity contribution < 1.29 is 9.21 Å². The molecule has 1 aromatic rings. The van der Waals surface area contributed by atoms with Gasteiger partial charge in [-0.15, -0.1) is 0 Å². The molecule has 5 aliphatic rings. The highest BCUT2D eigenvalue weighted by Crippen LogP contribution is 2.60. The third kappa shape index (κ3) is 2.83. The predicted octanol–water partition coefficient (Wildman–Crippen LogP) is 3.75. The number of hydrogen-bond acceptors (Lipinski definition) is 3. The van der Waals surface area contributed by atoms with Crippen molar-refractivity contribution in [1.82, 2.24) is 10.2 Å². The Hall–Kier alpha value is -1.29. The molecule has 1 atom stereocenters. The Bertz CT molecular complexity index is 583. The molecule has 5 fully saturated rings. The van der Waals surface area contributed by atoms with Crippen molar-refractivity contribution in [1.29, 1.82) is 0 Å². The molecular formula is C21H30N2O2. The molecule has 1 amide bonds. The van der Waals surface area contributed by atoms with Crippen molar-refractivity contribution in [2.45, 2.75) is 57.4 Å². The average Bonchev–Trinajstić information content (AvgIpc) is 3.28. The minimum Gasteiger partial charge on any atom is -0.468 e. The molecule has 2 heterocycles. The van der Waals surface area contributed by atoms with E-state index >= 15 is 0 Å². The molecule has 4 aliphatic carbocycles. The number of rotatable bonds is 5. The third-order valence-electron chi connectivity index (χ3n) is 7.43. The van der Waals surface area contributed by atoms with Gasteiger partial charge in [0.05, 0.1) is 12.3 Å². The fourth-order valence-corrected chi connectivity index (χ4v) is 6.71. The highest BCUT2D eigenvalue weighted by atomic mass is 16.3. The predicted molar refractivity (Wildman–Crippen MR) is 95.9 cm³/mol. The van der Waals surface area contributed by atoms with Crippen molar-refractivity contribution in [2.24, 2.45) is 23.2 Å². The van der Waals surface area contributed by atoms with Gasteiger partial charge in [-0.2, -0.15) is 0 Å². The molecule has 136 valence electrons. The van der Waals surface area contributed by atoms with Gasteiger partial charge in [-0.1, -0.05) is 0 Å². The Labute approximate surface area is 150 Å². The van der Waals surface area contributed by atoms with Crippen molar-refractivity contribution >= 4 is 5.91 Å². The minimum atomic E-state index is -0.0481. The molecule has 4 heteroatoms. The van der Waals surface area contributed by atoms with Crippen molar-refractivity contribution in [3.05, 3.63) is 24.2 Å². The van der Waals surface area contributed by atoms with Crippen molar-refractivity contribution in [3.63, 3.8) is 0 Å². The van der Waals surface area contributed by atoms with E-state index in [1.807, 2.05) is 6.07 Å². The average molecular weight is 342 g/mol. The van der Waals surface area contributed by atoms with E-state index in [2.05, 4.69) is 16.3 Å². The van der Waals surface area contributed by atoms with Crippen LogP contribution in [0, 0.1) is 23.2 Å². The second kappa shape index (κ2) is 6.15. The number of amides is 1. The number of nitrogens with one attached hydrogen (secondary N) is 1. The van der Waals surface area contributed by atoms with E-state index in [0.29, 0.717) is 12.5 Å². The second-order valence-corrected chi connectivity index (χ2v) is 9.18. The lowest BCUT2D eigenvalue weighted by atomic mass is 9.49. The number of furan rings is 1. The lowest BCUT2D eigenvalue weighted by molar-refractivity contribution is -0.146. The molecule has 4 saturated carbocycles. The molecular weight excluding hydrogens is 312 g/mol. The Kier molecular flexibility index (Phi) is 3.92. The first-order valence-corrected chi connectivity index (χ1v) is 10.3. The summed E-state index contributed by atoms with van der Waals surface area (Å²) in [6.45, 7) is 2.91. The van der Waals surface area contributed by atoms with Crippen molar-refractivity contribution in [2.75, 3.05) is 19.6 Å². The topological polar surface area (TPSA) is 45.5 Å². The Morgan fingerprint density at radius 1 is 1.16 bits per heavy atom. The van der Waals surface area contributed by atoms with E-state index < -0.39 is 0 Å². The van der Waals surface area contributed by atoms with Crippen LogP contribution in [0.5, 0.6) is 0 Å². The SMILES string of the molecule is O=C(NCC(c1ccco1)N1CCCC1)C12CC3CC(CC(C3)C1)C2. The first kappa shape index (κ1) is 15.9. The van der Waals surface area contributed by atoms with Gasteiger partial charge in [-0.3, -0.25) is 9.69 Å². The fraction of sp³-hybridized carbons (Fsp3) is 0.762. The monoisotopic (exact) mass is 342 g/mol. The van der Waals surface area contributed by atoms with Gasteiger partial charge >= 0.3 is 0 Å². The Balaban J connectivity index is 1.29. The van der Waals surface area contributed by atoms with Gasteiger partial charge in [0, 0.05) is 12.0 Å². The number of carbonyl (C=O) groups is 1. The van der Waals surface area contributed by atoms with Gasteiger partial charge in [0.25, 0.3) is 0 Å². The highest BCUT2D eigenvalue weighted by molar-refractivity contribution is 5.83. The molecule has 4 bridgehead atoms. The van der Waals surface area contributed by atoms with Crippen LogP contribution in [0.2, 0.25) is 0 Å². The first-order valence-electron chi connectivity index (χ1n) is 10.3. The summed E-state index contributed by atoms with van der Waals surface area (Å²) < 4.78 is 5.70. The highest BCUT2D eigenvalue weighted by Gasteiger charge is 2.54. The van der Waals surface area contributed by atoms with Crippen LogP contribution in [0.15, 0.2) is 22.8 Å². The normalized spacial score (nSPS) is 38.2. The van der Waals surface area contributed by atoms with E-state index in [-0.39, 0.29) is 11.5 Å². The fourth-order valence-electron chi connectivity index (χ4n) is 6.71. The quantitative estimate of drug-likeness (QED) is 0.886. The third-order valence-corrected chi connectivity index (χ3v) is 7.43. The van der Waals surface area contributed by atoms with Gasteiger partial charge < -0.3 is 9.73 Å². The molecule has 1 saturated heterocycles. The smallest absolute Gasteiger partial charge is 0.226 e. The molecule has 0 aromatic carbocycles. The molecule has 1 unspecified atom stereocenters. The standard InChI is InChI=1S/C21H30N2O2/c24-20(21-11-15-8-16(12-21)10-17(9-15)13-21)22-14-18(19-4-3-7-25-19)23-5-1-2-6-23/h3-4,7,15-18H,1-2,5-6,8-14H2,(H,22,24). The van der Waals surface area contributed by atoms with Crippen LogP contribution >= 0.6 is 0 Å². The Morgan fingerprint density at radius 3 is 2.36 bits per heavy atom. The van der Waals surface area contributed by atoms with Crippen LogP contribution in [0.3, 0.4) is 0 Å². The first-order chi connectivity index (χ1) is 12.2. The summed E-state index contributed by atoms with van der Waals surface area (Å²) in [6.07, 6.45) is 11.8. The van der Waals surface area contributed by atoms with Crippen molar-refractivity contribution in [3.8, 4) is 0 Å². The molecule has 0 spiro atoms. The van der Waals surface area contributed by atoms with E-state index in [1.165, 1.54) is 32.1 Å². The zero-order valence-corrected chi connectivity index (χ0v) is 15.1. The lowest BCUT2D eigenvalue weighted by Gasteiger charge is -2.55. The summed E-state index contributed by atoms with van der Waals surface area (Å²) >= 11 is 0. The zero-order valence-electron chi connectivity index (χ0n) is 15.1. The van der Waals surface area contributed by atoms with E-state index in [4.69, 9.17) is 4.42 Å². The maximum atomic E-state index is 13.2. The molecule has 1 aliphatic heterocycles. The zero-order chi connectivity index (χ0) is 16.9. The summed E-state index contributed by atoms with van der Waals surface area (Å²) in [5.41, 5.74) is -0.0481. The number of nitrogens with zero attached hydrogens (tertiary/aromatic N) is 1. The minimum absolute atomic E-state index is 0.0481. The summed E-state index contributed by atoms with van der Waals surface area (Å²) in [5.74, 6) is 3.78. The van der Waals surface area contributed by atoms with Crippen LogP contribution in [0.4, 0.5) is 0 Å². The summed E-state index contributed by atoms with van der Waals surface area (Å²) in [5, 5.41) is 3.36. The molecule has 6 rings (SSSR count). The summed E-state index contributed by atoms with van der Waals surface area (Å²) in [7, 11) is 0. The van der Waals surface area contributed by atoms with Gasteiger partial charge in [-0.05, 0) is 94.3 Å². The number of carbonyl (C=O) groups excluding carboxylic acids is 1. The number of hydrogen-bond donors (Lipinski definition) is 1. The molecule has 0 radical (unpaired) electrons. The lowest BCUT2D eigenvalue weighted by Crippen LogP contribution is -2.54. The van der Waals surface area contributed by atoms with Crippen LogP contribution in [0.25, 0.3) is 0 Å². The summed E-state index contributed by atoms with van der Waals surface area (Å²) in [6, 6.07) is 4.20. The van der Waals surface area contributed by atoms with Gasteiger partial charge in [0.2, 0.25) is 5.91 Å². The molecule has 1 aromatic heterocycles. The van der Waals surface area contributed by atoms with Crippen LogP contribution in [0.1, 0.15) is 63.2 Å². The number of likely N-dealkylation sites (tertiary alicyclic amines) is 1. The maximum absolute atomic E-state index is 13.2. The van der Waals surface area contributed by atoms with Gasteiger partial charge in [-0.25, -0.2) is 0 Å². The van der Waals surface area contributed by atoms with E-state index in [9.17, 15) is 4.79 Å². The summed E-state index contributed by atoms with van der Waals surface area (Å²) in [4.78, 5) is 15.7. The van der Waals surface area contributed by atoms with Gasteiger partial charge in [0.15, 0.2) is 0 Å². The Morgan fingerprint density at radius 2 is 1.80 bits per heavy atom. The largest absolute Gasteiger partial charge is 0.468 e. The molecule has 25 heavy (non-hydrogen) atoms. The van der Waals surface area contributed by atoms with E-state index in [1.54, 1.807) is 6.26 Å².